The Kier molecular flexibility index (Phi) is 3.54. The first-order valence-corrected chi connectivity index (χ1v) is 5.58. The molecule has 1 aromatic carbocycles. The van der Waals surface area contributed by atoms with Crippen molar-refractivity contribution in [1.29, 1.82) is 0 Å². The Labute approximate surface area is 95.4 Å². The molecule has 0 spiro atoms. The third kappa shape index (κ3) is 2.59. The second-order valence-corrected chi connectivity index (χ2v) is 4.11. The zero-order valence-corrected chi connectivity index (χ0v) is 9.28. The summed E-state index contributed by atoms with van der Waals surface area (Å²) in [5.74, 6) is 4.97. The van der Waals surface area contributed by atoms with E-state index in [0.29, 0.717) is 6.54 Å². The van der Waals surface area contributed by atoms with Crippen molar-refractivity contribution in [3.05, 3.63) is 35.4 Å². The van der Waals surface area contributed by atoms with Crippen LogP contribution in [0.4, 0.5) is 0 Å². The van der Waals surface area contributed by atoms with E-state index >= 15 is 0 Å². The van der Waals surface area contributed by atoms with Crippen molar-refractivity contribution in [2.45, 2.75) is 12.8 Å². The largest absolute Gasteiger partial charge is 0.294 e. The molecule has 0 atom stereocenters. The Morgan fingerprint density at radius 3 is 2.31 bits per heavy atom. The van der Waals surface area contributed by atoms with Crippen molar-refractivity contribution in [1.82, 2.24) is 10.3 Å². The zero-order chi connectivity index (χ0) is 11.4. The van der Waals surface area contributed by atoms with Crippen LogP contribution in [0.3, 0.4) is 0 Å². The summed E-state index contributed by atoms with van der Waals surface area (Å²) in [6.07, 6.45) is 2.02. The average Bonchev–Trinajstić information content (AvgIpc) is 2.52. The van der Waals surface area contributed by atoms with Gasteiger partial charge in [-0.1, -0.05) is 24.3 Å². The molecule has 1 aliphatic heterocycles. The fraction of sp³-hybridized carbons (Fsp3) is 0.417. The summed E-state index contributed by atoms with van der Waals surface area (Å²) in [6, 6.07) is 8.48. The molecule has 4 nitrogen and oxygen atoms in total. The number of carbonyl (C=O) groups is 1. The molecule has 0 saturated carbocycles. The van der Waals surface area contributed by atoms with E-state index in [1.807, 2.05) is 0 Å². The maximum absolute atomic E-state index is 11.2. The number of fused-ring (bicyclic) bond motifs is 1. The van der Waals surface area contributed by atoms with Crippen LogP contribution in [0, 0.1) is 0 Å². The van der Waals surface area contributed by atoms with E-state index < -0.39 is 0 Å². The fourth-order valence-corrected chi connectivity index (χ4v) is 2.12. The van der Waals surface area contributed by atoms with E-state index in [4.69, 9.17) is 5.84 Å². The smallest absolute Gasteiger partial charge is 0.248 e. The van der Waals surface area contributed by atoms with Gasteiger partial charge >= 0.3 is 0 Å². The SMILES string of the molecule is NNC(=O)CN1CCc2ccccc2CC1. The molecule has 4 heteroatoms. The van der Waals surface area contributed by atoms with Crippen molar-refractivity contribution >= 4 is 5.91 Å². The highest BCUT2D eigenvalue weighted by Gasteiger charge is 2.15. The lowest BCUT2D eigenvalue weighted by Gasteiger charge is -2.17. The van der Waals surface area contributed by atoms with E-state index in [2.05, 4.69) is 34.6 Å². The van der Waals surface area contributed by atoms with Gasteiger partial charge in [0.2, 0.25) is 5.91 Å². The first kappa shape index (κ1) is 11.1. The topological polar surface area (TPSA) is 58.4 Å². The lowest BCUT2D eigenvalue weighted by Crippen LogP contribution is -2.41. The van der Waals surface area contributed by atoms with Crippen LogP contribution in [-0.2, 0) is 17.6 Å². The average molecular weight is 219 g/mol. The van der Waals surface area contributed by atoms with Crippen LogP contribution in [-0.4, -0.2) is 30.4 Å². The number of amides is 1. The number of benzene rings is 1. The standard InChI is InChI=1S/C12H17N3O/c13-14-12(16)9-15-7-5-10-3-1-2-4-11(10)6-8-15/h1-4H,5-9,13H2,(H,14,16). The first-order valence-electron chi connectivity index (χ1n) is 5.58. The molecule has 1 aliphatic rings. The van der Waals surface area contributed by atoms with Crippen LogP contribution in [0.2, 0.25) is 0 Å². The minimum absolute atomic E-state index is 0.119. The molecule has 0 saturated heterocycles. The minimum Gasteiger partial charge on any atom is -0.294 e. The molecule has 16 heavy (non-hydrogen) atoms. The van der Waals surface area contributed by atoms with Crippen molar-refractivity contribution in [2.75, 3.05) is 19.6 Å². The molecule has 0 aromatic heterocycles. The van der Waals surface area contributed by atoms with Gasteiger partial charge in [0.15, 0.2) is 0 Å². The van der Waals surface area contributed by atoms with Gasteiger partial charge in [0.25, 0.3) is 0 Å². The Bertz CT molecular complexity index is 351. The highest BCUT2D eigenvalue weighted by atomic mass is 16.2. The summed E-state index contributed by atoms with van der Waals surface area (Å²) in [6.45, 7) is 2.24. The zero-order valence-electron chi connectivity index (χ0n) is 9.28. The number of nitrogens with two attached hydrogens (primary N) is 1. The predicted octanol–water partition coefficient (Wildman–Crippen LogP) is 0.0771. The number of hydrogen-bond acceptors (Lipinski definition) is 3. The number of nitrogens with zero attached hydrogens (tertiary/aromatic N) is 1. The monoisotopic (exact) mass is 219 g/mol. The second-order valence-electron chi connectivity index (χ2n) is 4.11. The second kappa shape index (κ2) is 5.09. The summed E-state index contributed by atoms with van der Waals surface area (Å²) in [5, 5.41) is 0. The van der Waals surface area contributed by atoms with E-state index in [-0.39, 0.29) is 5.91 Å². The maximum Gasteiger partial charge on any atom is 0.248 e. The minimum atomic E-state index is -0.119. The fourth-order valence-electron chi connectivity index (χ4n) is 2.12. The maximum atomic E-state index is 11.2. The number of carbonyl (C=O) groups excluding carboxylic acids is 1. The van der Waals surface area contributed by atoms with Crippen LogP contribution in [0.15, 0.2) is 24.3 Å². The summed E-state index contributed by atoms with van der Waals surface area (Å²) < 4.78 is 0. The van der Waals surface area contributed by atoms with Crippen LogP contribution < -0.4 is 11.3 Å². The van der Waals surface area contributed by atoms with Crippen LogP contribution >= 0.6 is 0 Å². The van der Waals surface area contributed by atoms with E-state index in [1.165, 1.54) is 11.1 Å². The molecule has 0 aliphatic carbocycles. The molecule has 1 amide bonds. The molecular weight excluding hydrogens is 202 g/mol. The van der Waals surface area contributed by atoms with Crippen molar-refractivity contribution in [3.8, 4) is 0 Å². The van der Waals surface area contributed by atoms with E-state index in [0.717, 1.165) is 25.9 Å². The van der Waals surface area contributed by atoms with Gasteiger partial charge in [0.05, 0.1) is 6.54 Å². The van der Waals surface area contributed by atoms with Gasteiger partial charge in [0.1, 0.15) is 0 Å². The molecule has 1 heterocycles. The number of hydrazine groups is 1. The van der Waals surface area contributed by atoms with Gasteiger partial charge < -0.3 is 0 Å². The summed E-state index contributed by atoms with van der Waals surface area (Å²) in [4.78, 5) is 13.3. The third-order valence-electron chi connectivity index (χ3n) is 3.04. The first-order chi connectivity index (χ1) is 7.79. The molecule has 0 fully saturated rings. The Morgan fingerprint density at radius 2 is 1.81 bits per heavy atom. The Hall–Kier alpha value is -1.39. The van der Waals surface area contributed by atoms with Gasteiger partial charge in [-0.25, -0.2) is 5.84 Å². The summed E-state index contributed by atoms with van der Waals surface area (Å²) in [7, 11) is 0. The van der Waals surface area contributed by atoms with Gasteiger partial charge in [-0.2, -0.15) is 0 Å². The third-order valence-corrected chi connectivity index (χ3v) is 3.04. The van der Waals surface area contributed by atoms with E-state index in [1.54, 1.807) is 0 Å². The predicted molar refractivity (Wildman–Crippen MR) is 62.6 cm³/mol. The normalized spacial score (nSPS) is 16.3. The van der Waals surface area contributed by atoms with Crippen LogP contribution in [0.25, 0.3) is 0 Å². The van der Waals surface area contributed by atoms with Crippen molar-refractivity contribution in [2.24, 2.45) is 5.84 Å². The molecule has 0 radical (unpaired) electrons. The van der Waals surface area contributed by atoms with Crippen molar-refractivity contribution < 1.29 is 4.79 Å². The number of nitrogens with one attached hydrogen (secondary N) is 1. The van der Waals surface area contributed by atoms with Gasteiger partial charge in [0, 0.05) is 13.1 Å². The number of hydrogen-bond donors (Lipinski definition) is 2. The van der Waals surface area contributed by atoms with Gasteiger partial charge in [-0.3, -0.25) is 15.1 Å². The highest BCUT2D eigenvalue weighted by Crippen LogP contribution is 2.14. The molecule has 0 bridgehead atoms. The lowest BCUT2D eigenvalue weighted by molar-refractivity contribution is -0.122. The van der Waals surface area contributed by atoms with Crippen LogP contribution in [0.1, 0.15) is 11.1 Å². The molecule has 0 unspecified atom stereocenters. The molecule has 86 valence electrons. The molecular formula is C12H17N3O. The molecule has 3 N–H and O–H groups in total. The highest BCUT2D eigenvalue weighted by molar-refractivity contribution is 5.77. The van der Waals surface area contributed by atoms with Gasteiger partial charge in [-0.05, 0) is 24.0 Å². The molecule has 1 aromatic rings. The number of rotatable bonds is 2. The lowest BCUT2D eigenvalue weighted by atomic mass is 10.0. The van der Waals surface area contributed by atoms with E-state index in [9.17, 15) is 4.79 Å². The van der Waals surface area contributed by atoms with Crippen LogP contribution in [0.5, 0.6) is 0 Å². The van der Waals surface area contributed by atoms with Crippen molar-refractivity contribution in [3.63, 3.8) is 0 Å². The van der Waals surface area contributed by atoms with Gasteiger partial charge in [-0.15, -0.1) is 0 Å². The molecule has 2 rings (SSSR count). The summed E-state index contributed by atoms with van der Waals surface area (Å²) >= 11 is 0. The summed E-state index contributed by atoms with van der Waals surface area (Å²) in [5.41, 5.74) is 4.98. The Balaban J connectivity index is 1.99. The quantitative estimate of drug-likeness (QED) is 0.420. The Morgan fingerprint density at radius 1 is 1.25 bits per heavy atom.